The first kappa shape index (κ1) is 22.2. The van der Waals surface area contributed by atoms with Crippen molar-refractivity contribution in [3.8, 4) is 0 Å². The third kappa shape index (κ3) is 5.56. The van der Waals surface area contributed by atoms with E-state index in [0.717, 1.165) is 27.9 Å². The lowest BCUT2D eigenvalue weighted by molar-refractivity contribution is 0.0744. The van der Waals surface area contributed by atoms with Crippen LogP contribution in [0.5, 0.6) is 0 Å². The van der Waals surface area contributed by atoms with E-state index in [9.17, 15) is 4.79 Å². The maximum atomic E-state index is 13.4. The molecule has 3 aromatic rings. The molecule has 0 fully saturated rings. The first-order valence-corrected chi connectivity index (χ1v) is 10.7. The third-order valence-electron chi connectivity index (χ3n) is 5.16. The fourth-order valence-corrected chi connectivity index (χ4v) is 3.84. The van der Waals surface area contributed by atoms with Crippen molar-refractivity contribution < 1.29 is 4.79 Å². The van der Waals surface area contributed by atoms with Crippen LogP contribution in [0.3, 0.4) is 0 Å². The van der Waals surface area contributed by atoms with Gasteiger partial charge in [0.05, 0.1) is 0 Å². The van der Waals surface area contributed by atoms with E-state index >= 15 is 0 Å². The summed E-state index contributed by atoms with van der Waals surface area (Å²) in [6, 6.07) is 21.5. The molecule has 0 saturated carbocycles. The monoisotopic (exact) mass is 440 g/mol. The highest BCUT2D eigenvalue weighted by molar-refractivity contribution is 6.35. The molecule has 0 radical (unpaired) electrons. The van der Waals surface area contributed by atoms with Gasteiger partial charge in [0.25, 0.3) is 5.91 Å². The van der Waals surface area contributed by atoms with Gasteiger partial charge in [0, 0.05) is 48.5 Å². The molecule has 0 N–H and O–H groups in total. The van der Waals surface area contributed by atoms with Crippen LogP contribution < -0.4 is 4.90 Å². The minimum atomic E-state index is 0.0230. The smallest absolute Gasteiger partial charge is 0.254 e. The van der Waals surface area contributed by atoms with Gasteiger partial charge in [-0.05, 0) is 60.4 Å². The van der Waals surface area contributed by atoms with Crippen LogP contribution in [0.1, 0.15) is 27.0 Å². The minimum Gasteiger partial charge on any atom is -0.378 e. The van der Waals surface area contributed by atoms with Gasteiger partial charge in [0.1, 0.15) is 0 Å². The average molecular weight is 441 g/mol. The zero-order chi connectivity index (χ0) is 21.7. The summed E-state index contributed by atoms with van der Waals surface area (Å²) < 4.78 is 0. The van der Waals surface area contributed by atoms with Crippen LogP contribution in [-0.4, -0.2) is 31.4 Å². The molecule has 0 unspecified atom stereocenters. The van der Waals surface area contributed by atoms with Crippen molar-refractivity contribution in [3.05, 3.63) is 99.0 Å². The van der Waals surface area contributed by atoms with E-state index in [0.29, 0.717) is 29.6 Å². The molecule has 0 heterocycles. The second-order valence-corrected chi connectivity index (χ2v) is 8.43. The molecule has 0 aliphatic heterocycles. The van der Waals surface area contributed by atoms with Crippen molar-refractivity contribution in [2.24, 2.45) is 0 Å². The predicted molar refractivity (Wildman–Crippen MR) is 127 cm³/mol. The molecule has 0 spiro atoms. The Balaban J connectivity index is 1.83. The summed E-state index contributed by atoms with van der Waals surface area (Å²) in [4.78, 5) is 17.3. The summed E-state index contributed by atoms with van der Waals surface area (Å²) in [5.41, 5.74) is 4.89. The Morgan fingerprint density at radius 2 is 1.63 bits per heavy atom. The highest BCUT2D eigenvalue weighted by atomic mass is 35.5. The fourth-order valence-electron chi connectivity index (χ4n) is 3.34. The second-order valence-electron chi connectivity index (χ2n) is 7.59. The van der Waals surface area contributed by atoms with Crippen molar-refractivity contribution in [3.63, 3.8) is 0 Å². The molecule has 0 aliphatic carbocycles. The van der Waals surface area contributed by atoms with Gasteiger partial charge >= 0.3 is 0 Å². The number of amides is 1. The molecule has 3 aromatic carbocycles. The highest BCUT2D eigenvalue weighted by Crippen LogP contribution is 2.23. The van der Waals surface area contributed by atoms with Gasteiger partial charge < -0.3 is 9.80 Å². The summed E-state index contributed by atoms with van der Waals surface area (Å²) in [6.45, 7) is 3.06. The van der Waals surface area contributed by atoms with Gasteiger partial charge in [-0.1, -0.05) is 59.6 Å². The minimum absolute atomic E-state index is 0.0230. The second kappa shape index (κ2) is 10.0. The lowest BCUT2D eigenvalue weighted by atomic mass is 10.1. The van der Waals surface area contributed by atoms with E-state index in [4.69, 9.17) is 23.2 Å². The van der Waals surface area contributed by atoms with Gasteiger partial charge in [-0.2, -0.15) is 0 Å². The van der Waals surface area contributed by atoms with Crippen LogP contribution in [0.15, 0.2) is 66.7 Å². The molecule has 156 valence electrons. The lowest BCUT2D eigenvalue weighted by Crippen LogP contribution is -2.33. The van der Waals surface area contributed by atoms with Gasteiger partial charge in [-0.3, -0.25) is 4.79 Å². The number of carbonyl (C=O) groups is 1. The van der Waals surface area contributed by atoms with Crippen molar-refractivity contribution >= 4 is 34.8 Å². The van der Waals surface area contributed by atoms with Gasteiger partial charge in [0.2, 0.25) is 0 Å². The average Bonchev–Trinajstić information content (AvgIpc) is 2.72. The van der Waals surface area contributed by atoms with Gasteiger partial charge in [0.15, 0.2) is 0 Å². The van der Waals surface area contributed by atoms with E-state index in [1.54, 1.807) is 6.07 Å². The molecule has 0 saturated heterocycles. The Hall–Kier alpha value is -2.49. The number of carbonyl (C=O) groups excluding carboxylic acids is 1. The van der Waals surface area contributed by atoms with Crippen LogP contribution in [0.2, 0.25) is 10.0 Å². The maximum Gasteiger partial charge on any atom is 0.254 e. The van der Waals surface area contributed by atoms with E-state index < -0.39 is 0 Å². The molecule has 0 aromatic heterocycles. The summed E-state index contributed by atoms with van der Waals surface area (Å²) >= 11 is 12.4. The van der Waals surface area contributed by atoms with Gasteiger partial charge in [-0.15, -0.1) is 0 Å². The predicted octanol–water partition coefficient (Wildman–Crippen LogP) is 6.25. The Bertz CT molecular complexity index is 1020. The number of hydrogen-bond acceptors (Lipinski definition) is 2. The highest BCUT2D eigenvalue weighted by Gasteiger charge is 2.18. The van der Waals surface area contributed by atoms with Crippen molar-refractivity contribution in [1.29, 1.82) is 0 Å². The number of hydrogen-bond donors (Lipinski definition) is 0. The van der Waals surface area contributed by atoms with E-state index in [1.165, 1.54) is 0 Å². The largest absolute Gasteiger partial charge is 0.378 e. The van der Waals surface area contributed by atoms with Crippen molar-refractivity contribution in [1.82, 2.24) is 4.90 Å². The third-order valence-corrected chi connectivity index (χ3v) is 5.74. The summed E-state index contributed by atoms with van der Waals surface area (Å²) in [7, 11) is 4.03. The fraction of sp³-hybridized carbons (Fsp3) is 0.240. The number of halogens is 2. The molecule has 0 aliphatic rings. The number of anilines is 1. The van der Waals surface area contributed by atoms with Crippen molar-refractivity contribution in [2.45, 2.75) is 19.9 Å². The van der Waals surface area contributed by atoms with Crippen LogP contribution in [0.4, 0.5) is 5.69 Å². The van der Waals surface area contributed by atoms with Crippen LogP contribution in [0.25, 0.3) is 0 Å². The quantitative estimate of drug-likeness (QED) is 0.433. The molecular formula is C25H26Cl2N2O. The van der Waals surface area contributed by atoms with E-state index in [-0.39, 0.29) is 5.91 Å². The number of aryl methyl sites for hydroxylation is 1. The van der Waals surface area contributed by atoms with Crippen LogP contribution >= 0.6 is 23.2 Å². The molecule has 5 heteroatoms. The van der Waals surface area contributed by atoms with Gasteiger partial charge in [-0.25, -0.2) is 0 Å². The SMILES string of the molecule is Cc1ccccc1C(=O)N(CCc1ccc(Cl)cc1Cl)Cc1ccc(N(C)C)cc1. The van der Waals surface area contributed by atoms with Crippen LogP contribution in [-0.2, 0) is 13.0 Å². The maximum absolute atomic E-state index is 13.4. The normalized spacial score (nSPS) is 10.7. The first-order chi connectivity index (χ1) is 14.3. The van der Waals surface area contributed by atoms with E-state index in [1.807, 2.05) is 62.3 Å². The number of benzene rings is 3. The van der Waals surface area contributed by atoms with E-state index in [2.05, 4.69) is 29.2 Å². The standard InChI is InChI=1S/C25H26Cl2N2O/c1-18-6-4-5-7-23(18)25(30)29(15-14-20-10-11-21(26)16-24(20)27)17-19-8-12-22(13-9-19)28(2)3/h4-13,16H,14-15,17H2,1-3H3. The Morgan fingerprint density at radius 3 is 2.27 bits per heavy atom. The Kier molecular flexibility index (Phi) is 7.41. The number of nitrogens with zero attached hydrogens (tertiary/aromatic N) is 2. The zero-order valence-corrected chi connectivity index (χ0v) is 19.0. The molecular weight excluding hydrogens is 415 g/mol. The first-order valence-electron chi connectivity index (χ1n) is 9.90. The summed E-state index contributed by atoms with van der Waals surface area (Å²) in [5.74, 6) is 0.0230. The molecule has 3 nitrogen and oxygen atoms in total. The molecule has 3 rings (SSSR count). The molecule has 1 amide bonds. The Morgan fingerprint density at radius 1 is 0.933 bits per heavy atom. The number of rotatable bonds is 7. The zero-order valence-electron chi connectivity index (χ0n) is 17.5. The molecule has 0 atom stereocenters. The lowest BCUT2D eigenvalue weighted by Gasteiger charge is -2.24. The van der Waals surface area contributed by atoms with Crippen molar-refractivity contribution in [2.75, 3.05) is 25.5 Å². The topological polar surface area (TPSA) is 23.6 Å². The summed E-state index contributed by atoms with van der Waals surface area (Å²) in [6.07, 6.45) is 0.656. The Labute approximate surface area is 188 Å². The summed E-state index contributed by atoms with van der Waals surface area (Å²) in [5, 5.41) is 1.23. The molecule has 0 bridgehead atoms. The molecule has 30 heavy (non-hydrogen) atoms. The van der Waals surface area contributed by atoms with Crippen LogP contribution in [0, 0.1) is 6.92 Å².